The SMILES string of the molecule is Cc1cc(N)cc(S(=O)(=O)Nc2cc(C)[nH]n2)c1. The van der Waals surface area contributed by atoms with Crippen LogP contribution in [-0.4, -0.2) is 18.6 Å². The summed E-state index contributed by atoms with van der Waals surface area (Å²) in [4.78, 5) is 0.126. The first-order valence-corrected chi connectivity index (χ1v) is 6.77. The monoisotopic (exact) mass is 266 g/mol. The predicted molar refractivity (Wildman–Crippen MR) is 69.7 cm³/mol. The molecule has 18 heavy (non-hydrogen) atoms. The lowest BCUT2D eigenvalue weighted by molar-refractivity contribution is 0.601. The van der Waals surface area contributed by atoms with Gasteiger partial charge < -0.3 is 5.73 Å². The van der Waals surface area contributed by atoms with Gasteiger partial charge in [0.05, 0.1) is 4.90 Å². The number of aryl methyl sites for hydroxylation is 2. The van der Waals surface area contributed by atoms with E-state index in [0.29, 0.717) is 5.69 Å². The fraction of sp³-hybridized carbons (Fsp3) is 0.182. The molecule has 0 atom stereocenters. The predicted octanol–water partition coefficient (Wildman–Crippen LogP) is 1.41. The van der Waals surface area contributed by atoms with Crippen LogP contribution < -0.4 is 10.5 Å². The summed E-state index contributed by atoms with van der Waals surface area (Å²) < 4.78 is 26.6. The zero-order valence-electron chi connectivity index (χ0n) is 10.1. The summed E-state index contributed by atoms with van der Waals surface area (Å²) >= 11 is 0. The average Bonchev–Trinajstić information content (AvgIpc) is 2.61. The van der Waals surface area contributed by atoms with Crippen molar-refractivity contribution in [2.24, 2.45) is 0 Å². The second kappa shape index (κ2) is 4.34. The van der Waals surface area contributed by atoms with Crippen LogP contribution in [0.2, 0.25) is 0 Å². The maximum Gasteiger partial charge on any atom is 0.263 e. The first-order valence-electron chi connectivity index (χ1n) is 5.29. The summed E-state index contributed by atoms with van der Waals surface area (Å²) in [5.41, 5.74) is 7.61. The fourth-order valence-electron chi connectivity index (χ4n) is 1.60. The number of aromatic amines is 1. The first-order chi connectivity index (χ1) is 8.37. The van der Waals surface area contributed by atoms with Gasteiger partial charge in [0.15, 0.2) is 5.82 Å². The molecule has 7 heteroatoms. The van der Waals surface area contributed by atoms with E-state index in [2.05, 4.69) is 14.9 Å². The van der Waals surface area contributed by atoms with E-state index >= 15 is 0 Å². The number of nitrogen functional groups attached to an aromatic ring is 1. The number of nitrogens with two attached hydrogens (primary N) is 1. The molecule has 0 saturated carbocycles. The van der Waals surface area contributed by atoms with Crippen LogP contribution in [0.4, 0.5) is 11.5 Å². The van der Waals surface area contributed by atoms with E-state index in [9.17, 15) is 8.42 Å². The molecule has 1 aromatic carbocycles. The Kier molecular flexibility index (Phi) is 3.00. The fourth-order valence-corrected chi connectivity index (χ4v) is 2.73. The van der Waals surface area contributed by atoms with Crippen LogP contribution in [0, 0.1) is 13.8 Å². The lowest BCUT2D eigenvalue weighted by atomic mass is 10.2. The highest BCUT2D eigenvalue weighted by atomic mass is 32.2. The van der Waals surface area contributed by atoms with Gasteiger partial charge in [-0.05, 0) is 37.6 Å². The highest BCUT2D eigenvalue weighted by molar-refractivity contribution is 7.92. The molecule has 0 spiro atoms. The number of sulfonamides is 1. The van der Waals surface area contributed by atoms with Crippen molar-refractivity contribution >= 4 is 21.5 Å². The van der Waals surface area contributed by atoms with Crippen LogP contribution in [0.25, 0.3) is 0 Å². The van der Waals surface area contributed by atoms with E-state index in [4.69, 9.17) is 5.73 Å². The number of anilines is 2. The third-order valence-corrected chi connectivity index (χ3v) is 3.66. The van der Waals surface area contributed by atoms with Crippen LogP contribution in [-0.2, 0) is 10.0 Å². The van der Waals surface area contributed by atoms with Gasteiger partial charge in [0.25, 0.3) is 10.0 Å². The smallest absolute Gasteiger partial charge is 0.263 e. The Morgan fingerprint density at radius 2 is 1.94 bits per heavy atom. The molecule has 2 rings (SSSR count). The molecule has 0 fully saturated rings. The summed E-state index contributed by atoms with van der Waals surface area (Å²) in [5, 5.41) is 6.49. The Labute approximate surface area is 105 Å². The zero-order chi connectivity index (χ0) is 13.3. The molecular weight excluding hydrogens is 252 g/mol. The molecule has 96 valence electrons. The van der Waals surface area contributed by atoms with Gasteiger partial charge in [-0.25, -0.2) is 8.42 Å². The number of rotatable bonds is 3. The second-order valence-electron chi connectivity index (χ2n) is 4.12. The van der Waals surface area contributed by atoms with Gasteiger partial charge in [0, 0.05) is 17.4 Å². The number of nitrogens with zero attached hydrogens (tertiary/aromatic N) is 1. The molecule has 1 heterocycles. The van der Waals surface area contributed by atoms with Crippen LogP contribution >= 0.6 is 0 Å². The number of hydrogen-bond donors (Lipinski definition) is 3. The third-order valence-electron chi connectivity index (χ3n) is 2.33. The minimum Gasteiger partial charge on any atom is -0.399 e. The van der Waals surface area contributed by atoms with Crippen LogP contribution in [0.5, 0.6) is 0 Å². The molecule has 4 N–H and O–H groups in total. The van der Waals surface area contributed by atoms with Gasteiger partial charge >= 0.3 is 0 Å². The maximum atomic E-state index is 12.1. The summed E-state index contributed by atoms with van der Waals surface area (Å²) in [7, 11) is -3.66. The molecule has 0 unspecified atom stereocenters. The Morgan fingerprint density at radius 1 is 1.22 bits per heavy atom. The van der Waals surface area contributed by atoms with Gasteiger partial charge in [-0.3, -0.25) is 9.82 Å². The molecular formula is C11H14N4O2S. The van der Waals surface area contributed by atoms with Crippen molar-refractivity contribution in [1.82, 2.24) is 10.2 Å². The van der Waals surface area contributed by atoms with Crippen molar-refractivity contribution < 1.29 is 8.42 Å². The molecule has 0 amide bonds. The first kappa shape index (κ1) is 12.4. The van der Waals surface area contributed by atoms with Crippen molar-refractivity contribution in [2.75, 3.05) is 10.5 Å². The second-order valence-corrected chi connectivity index (χ2v) is 5.80. The molecule has 0 saturated heterocycles. The zero-order valence-corrected chi connectivity index (χ0v) is 10.9. The minimum absolute atomic E-state index is 0.126. The van der Waals surface area contributed by atoms with Crippen LogP contribution in [0.1, 0.15) is 11.3 Å². The Morgan fingerprint density at radius 3 is 2.50 bits per heavy atom. The van der Waals surface area contributed by atoms with Crippen molar-refractivity contribution in [3.05, 3.63) is 35.5 Å². The van der Waals surface area contributed by atoms with E-state index in [1.807, 2.05) is 0 Å². The molecule has 2 aromatic rings. The van der Waals surface area contributed by atoms with Crippen molar-refractivity contribution in [3.8, 4) is 0 Å². The Bertz CT molecular complexity index is 656. The van der Waals surface area contributed by atoms with E-state index in [1.165, 1.54) is 6.07 Å². The molecule has 1 aromatic heterocycles. The van der Waals surface area contributed by atoms with Gasteiger partial charge in [0.1, 0.15) is 0 Å². The van der Waals surface area contributed by atoms with Crippen LogP contribution in [0.15, 0.2) is 29.2 Å². The summed E-state index contributed by atoms with van der Waals surface area (Å²) in [6.45, 7) is 3.57. The van der Waals surface area contributed by atoms with Crippen molar-refractivity contribution in [3.63, 3.8) is 0 Å². The number of hydrogen-bond acceptors (Lipinski definition) is 4. The standard InChI is InChI=1S/C11H14N4O2S/c1-7-3-9(12)6-10(4-7)18(16,17)15-11-5-8(2)13-14-11/h3-6H,12H2,1-2H3,(H2,13,14,15). The highest BCUT2D eigenvalue weighted by Crippen LogP contribution is 2.19. The number of nitrogens with one attached hydrogen (secondary N) is 2. The molecule has 0 aliphatic heterocycles. The molecule has 0 aliphatic carbocycles. The summed E-state index contributed by atoms with van der Waals surface area (Å²) in [5.74, 6) is 0.257. The maximum absolute atomic E-state index is 12.1. The minimum atomic E-state index is -3.66. The third kappa shape index (κ3) is 2.62. The molecule has 6 nitrogen and oxygen atoms in total. The average molecular weight is 266 g/mol. The van der Waals surface area contributed by atoms with Crippen molar-refractivity contribution in [2.45, 2.75) is 18.7 Å². The lowest BCUT2D eigenvalue weighted by Crippen LogP contribution is -2.13. The number of benzene rings is 1. The number of aromatic nitrogens is 2. The van der Waals surface area contributed by atoms with E-state index in [1.54, 1.807) is 32.0 Å². The summed E-state index contributed by atoms with van der Waals surface area (Å²) in [6, 6.07) is 6.28. The topological polar surface area (TPSA) is 101 Å². The normalized spacial score (nSPS) is 11.4. The highest BCUT2D eigenvalue weighted by Gasteiger charge is 2.16. The van der Waals surface area contributed by atoms with Gasteiger partial charge in [-0.2, -0.15) is 5.10 Å². The quantitative estimate of drug-likeness (QED) is 0.731. The van der Waals surface area contributed by atoms with E-state index in [0.717, 1.165) is 11.3 Å². The summed E-state index contributed by atoms with van der Waals surface area (Å²) in [6.07, 6.45) is 0. The lowest BCUT2D eigenvalue weighted by Gasteiger charge is -2.07. The molecule has 0 aliphatic rings. The van der Waals surface area contributed by atoms with Gasteiger partial charge in [0.2, 0.25) is 0 Å². The van der Waals surface area contributed by atoms with Gasteiger partial charge in [-0.15, -0.1) is 0 Å². The molecule has 0 radical (unpaired) electrons. The Hall–Kier alpha value is -2.02. The van der Waals surface area contributed by atoms with E-state index in [-0.39, 0.29) is 10.7 Å². The molecule has 0 bridgehead atoms. The van der Waals surface area contributed by atoms with Crippen molar-refractivity contribution in [1.29, 1.82) is 0 Å². The number of H-pyrrole nitrogens is 1. The van der Waals surface area contributed by atoms with E-state index < -0.39 is 10.0 Å². The largest absolute Gasteiger partial charge is 0.399 e. The van der Waals surface area contributed by atoms with Crippen LogP contribution in [0.3, 0.4) is 0 Å². The Balaban J connectivity index is 2.36. The van der Waals surface area contributed by atoms with Gasteiger partial charge in [-0.1, -0.05) is 0 Å².